The lowest BCUT2D eigenvalue weighted by Gasteiger charge is -2.24. The highest BCUT2D eigenvalue weighted by molar-refractivity contribution is 5.00. The van der Waals surface area contributed by atoms with Crippen LogP contribution in [0.15, 0.2) is 22.8 Å². The number of furan rings is 1. The fourth-order valence-corrected chi connectivity index (χ4v) is 1.91. The molecular formula is C14H20N2O. The molecule has 0 unspecified atom stereocenters. The Morgan fingerprint density at radius 2 is 2.29 bits per heavy atom. The third-order valence-corrected chi connectivity index (χ3v) is 3.33. The molecule has 0 N–H and O–H groups in total. The van der Waals surface area contributed by atoms with Crippen molar-refractivity contribution in [1.82, 2.24) is 4.90 Å². The van der Waals surface area contributed by atoms with Crippen molar-refractivity contribution in [2.75, 3.05) is 6.54 Å². The summed E-state index contributed by atoms with van der Waals surface area (Å²) < 4.78 is 5.39. The number of hydrogen-bond acceptors (Lipinski definition) is 3. The van der Waals surface area contributed by atoms with E-state index in [0.717, 1.165) is 25.3 Å². The Morgan fingerprint density at radius 3 is 2.82 bits per heavy atom. The number of nitriles is 1. The summed E-state index contributed by atoms with van der Waals surface area (Å²) in [5, 5.41) is 9.03. The Kier molecular flexibility index (Phi) is 3.54. The van der Waals surface area contributed by atoms with Crippen LogP contribution in [0, 0.1) is 16.7 Å². The third kappa shape index (κ3) is 3.61. The number of hydrogen-bond donors (Lipinski definition) is 0. The van der Waals surface area contributed by atoms with Gasteiger partial charge in [-0.25, -0.2) is 0 Å². The molecular weight excluding hydrogens is 212 g/mol. The third-order valence-electron chi connectivity index (χ3n) is 3.33. The fraction of sp³-hybridized carbons (Fsp3) is 0.643. The van der Waals surface area contributed by atoms with E-state index in [-0.39, 0.29) is 5.41 Å². The standard InChI is InChI=1S/C14H20N2O/c1-14(2,11-15)7-8-16(12-5-6-12)10-13-4-3-9-17-13/h3-4,9,12H,5-8,10H2,1-2H3. The van der Waals surface area contributed by atoms with Gasteiger partial charge in [-0.2, -0.15) is 5.26 Å². The van der Waals surface area contributed by atoms with Crippen molar-refractivity contribution in [3.63, 3.8) is 0 Å². The fourth-order valence-electron chi connectivity index (χ4n) is 1.91. The molecule has 1 aromatic rings. The molecule has 0 saturated heterocycles. The van der Waals surface area contributed by atoms with Gasteiger partial charge < -0.3 is 4.42 Å². The molecule has 0 amide bonds. The molecule has 1 heterocycles. The van der Waals surface area contributed by atoms with Crippen molar-refractivity contribution in [3.8, 4) is 6.07 Å². The van der Waals surface area contributed by atoms with Gasteiger partial charge in [-0.1, -0.05) is 0 Å². The molecule has 0 atom stereocenters. The second-order valence-electron chi connectivity index (χ2n) is 5.53. The summed E-state index contributed by atoms with van der Waals surface area (Å²) in [4.78, 5) is 2.44. The van der Waals surface area contributed by atoms with Crippen LogP contribution in [-0.4, -0.2) is 17.5 Å². The summed E-state index contributed by atoms with van der Waals surface area (Å²) >= 11 is 0. The lowest BCUT2D eigenvalue weighted by molar-refractivity contribution is 0.209. The Bertz CT molecular complexity index is 385. The lowest BCUT2D eigenvalue weighted by atomic mass is 9.91. The van der Waals surface area contributed by atoms with Crippen LogP contribution >= 0.6 is 0 Å². The highest BCUT2D eigenvalue weighted by Gasteiger charge is 2.30. The molecule has 3 nitrogen and oxygen atoms in total. The van der Waals surface area contributed by atoms with Crippen molar-refractivity contribution in [2.45, 2.75) is 45.7 Å². The Balaban J connectivity index is 1.88. The molecule has 1 aliphatic carbocycles. The van der Waals surface area contributed by atoms with Gasteiger partial charge in [-0.3, -0.25) is 4.90 Å². The van der Waals surface area contributed by atoms with Gasteiger partial charge >= 0.3 is 0 Å². The van der Waals surface area contributed by atoms with Gasteiger partial charge in [0.05, 0.1) is 24.3 Å². The van der Waals surface area contributed by atoms with E-state index in [9.17, 15) is 0 Å². The first-order valence-electron chi connectivity index (χ1n) is 6.28. The minimum atomic E-state index is -0.226. The zero-order valence-corrected chi connectivity index (χ0v) is 10.6. The molecule has 1 saturated carbocycles. The molecule has 17 heavy (non-hydrogen) atoms. The maximum Gasteiger partial charge on any atom is 0.117 e. The van der Waals surface area contributed by atoms with Gasteiger partial charge in [0.1, 0.15) is 5.76 Å². The molecule has 1 fully saturated rings. The van der Waals surface area contributed by atoms with E-state index in [1.807, 2.05) is 26.0 Å². The normalized spacial score (nSPS) is 16.1. The van der Waals surface area contributed by atoms with E-state index in [2.05, 4.69) is 11.0 Å². The van der Waals surface area contributed by atoms with Gasteiger partial charge in [-0.05, 0) is 45.2 Å². The van der Waals surface area contributed by atoms with Gasteiger partial charge in [0.2, 0.25) is 0 Å². The van der Waals surface area contributed by atoms with Crippen LogP contribution in [0.1, 0.15) is 38.9 Å². The molecule has 2 rings (SSSR count). The quantitative estimate of drug-likeness (QED) is 0.756. The summed E-state index contributed by atoms with van der Waals surface area (Å²) in [6.45, 7) is 5.86. The first-order valence-corrected chi connectivity index (χ1v) is 6.28. The number of nitrogens with zero attached hydrogens (tertiary/aromatic N) is 2. The summed E-state index contributed by atoms with van der Waals surface area (Å²) in [5.41, 5.74) is -0.226. The Labute approximate surface area is 103 Å². The Morgan fingerprint density at radius 1 is 1.53 bits per heavy atom. The summed E-state index contributed by atoms with van der Waals surface area (Å²) in [6, 6.07) is 7.02. The van der Waals surface area contributed by atoms with Crippen molar-refractivity contribution >= 4 is 0 Å². The zero-order valence-electron chi connectivity index (χ0n) is 10.6. The van der Waals surface area contributed by atoms with Gasteiger partial charge in [0, 0.05) is 12.6 Å². The van der Waals surface area contributed by atoms with E-state index in [0.29, 0.717) is 6.04 Å². The average Bonchev–Trinajstić information content (AvgIpc) is 3.03. The van der Waals surface area contributed by atoms with Crippen molar-refractivity contribution in [1.29, 1.82) is 5.26 Å². The predicted octanol–water partition coefficient (Wildman–Crippen LogP) is 3.18. The van der Waals surface area contributed by atoms with E-state index in [4.69, 9.17) is 9.68 Å². The second-order valence-corrected chi connectivity index (χ2v) is 5.53. The van der Waals surface area contributed by atoms with Crippen LogP contribution in [0.2, 0.25) is 0 Å². The van der Waals surface area contributed by atoms with Crippen LogP contribution in [-0.2, 0) is 6.54 Å². The molecule has 92 valence electrons. The van der Waals surface area contributed by atoms with Crippen molar-refractivity contribution < 1.29 is 4.42 Å². The Hall–Kier alpha value is -1.27. The van der Waals surface area contributed by atoms with Gasteiger partial charge in [-0.15, -0.1) is 0 Å². The van der Waals surface area contributed by atoms with E-state index in [1.54, 1.807) is 6.26 Å². The first kappa shape index (κ1) is 12.2. The maximum absolute atomic E-state index is 9.03. The largest absolute Gasteiger partial charge is 0.468 e. The summed E-state index contributed by atoms with van der Waals surface area (Å²) in [7, 11) is 0. The zero-order chi connectivity index (χ0) is 12.3. The second kappa shape index (κ2) is 4.93. The van der Waals surface area contributed by atoms with E-state index >= 15 is 0 Å². The van der Waals surface area contributed by atoms with Crippen LogP contribution in [0.25, 0.3) is 0 Å². The highest BCUT2D eigenvalue weighted by Crippen LogP contribution is 2.30. The molecule has 0 bridgehead atoms. The summed E-state index contributed by atoms with van der Waals surface area (Å²) in [6.07, 6.45) is 5.21. The molecule has 0 spiro atoms. The monoisotopic (exact) mass is 232 g/mol. The van der Waals surface area contributed by atoms with Crippen LogP contribution in [0.4, 0.5) is 0 Å². The topological polar surface area (TPSA) is 40.2 Å². The predicted molar refractivity (Wildman–Crippen MR) is 66.2 cm³/mol. The molecule has 1 aliphatic rings. The van der Waals surface area contributed by atoms with E-state index < -0.39 is 0 Å². The first-order chi connectivity index (χ1) is 8.11. The summed E-state index contributed by atoms with van der Waals surface area (Å²) in [5.74, 6) is 1.02. The molecule has 1 aromatic heterocycles. The molecule has 0 radical (unpaired) electrons. The van der Waals surface area contributed by atoms with Crippen LogP contribution < -0.4 is 0 Å². The van der Waals surface area contributed by atoms with Crippen molar-refractivity contribution in [2.24, 2.45) is 5.41 Å². The van der Waals surface area contributed by atoms with E-state index in [1.165, 1.54) is 12.8 Å². The highest BCUT2D eigenvalue weighted by atomic mass is 16.3. The van der Waals surface area contributed by atoms with Crippen LogP contribution in [0.3, 0.4) is 0 Å². The molecule has 0 aromatic carbocycles. The smallest absolute Gasteiger partial charge is 0.117 e. The number of rotatable bonds is 6. The lowest BCUT2D eigenvalue weighted by Crippen LogP contribution is -2.29. The minimum Gasteiger partial charge on any atom is -0.468 e. The molecule has 3 heteroatoms. The maximum atomic E-state index is 9.03. The van der Waals surface area contributed by atoms with Crippen molar-refractivity contribution in [3.05, 3.63) is 24.2 Å². The molecule has 0 aliphatic heterocycles. The average molecular weight is 232 g/mol. The van der Waals surface area contributed by atoms with Gasteiger partial charge in [0.25, 0.3) is 0 Å². The minimum absolute atomic E-state index is 0.226. The SMILES string of the molecule is CC(C)(C#N)CCN(Cc1ccco1)C1CC1. The van der Waals surface area contributed by atoms with Crippen LogP contribution in [0.5, 0.6) is 0 Å². The van der Waals surface area contributed by atoms with Gasteiger partial charge in [0.15, 0.2) is 0 Å².